The molecule has 2 aromatic rings. The van der Waals surface area contributed by atoms with Crippen molar-refractivity contribution in [1.82, 2.24) is 0 Å². The van der Waals surface area contributed by atoms with Crippen LogP contribution >= 0.6 is 11.6 Å². The number of unbranched alkanes of at least 4 members (excludes halogenated alkanes) is 1. The van der Waals surface area contributed by atoms with E-state index in [4.69, 9.17) is 11.6 Å². The van der Waals surface area contributed by atoms with Crippen LogP contribution in [-0.4, -0.2) is 11.2 Å². The first-order chi connectivity index (χ1) is 8.72. The van der Waals surface area contributed by atoms with E-state index in [1.54, 1.807) is 0 Å². The van der Waals surface area contributed by atoms with E-state index in [2.05, 4.69) is 6.92 Å². The Kier molecular flexibility index (Phi) is 4.38. The molecule has 0 aliphatic rings. The van der Waals surface area contributed by atoms with E-state index in [1.165, 1.54) is 0 Å². The summed E-state index contributed by atoms with van der Waals surface area (Å²) in [6.07, 6.45) is 2.81. The number of Topliss-reactive ketones (excluding diaryl/α,β-unsaturated/α-hetero) is 1. The number of fused-ring (bicyclic) bond motifs is 1. The van der Waals surface area contributed by atoms with E-state index in [0.717, 1.165) is 30.0 Å². The second kappa shape index (κ2) is 6.01. The van der Waals surface area contributed by atoms with Crippen LogP contribution in [0.1, 0.15) is 36.5 Å². The van der Waals surface area contributed by atoms with Gasteiger partial charge in [0.2, 0.25) is 0 Å². The topological polar surface area (TPSA) is 17.1 Å². The molecular formula is C16H17ClO. The highest BCUT2D eigenvalue weighted by atomic mass is 35.5. The highest BCUT2D eigenvalue weighted by Crippen LogP contribution is 2.19. The molecule has 0 spiro atoms. The third kappa shape index (κ3) is 2.91. The third-order valence-electron chi connectivity index (χ3n) is 3.13. The molecule has 0 aliphatic heterocycles. The fourth-order valence-corrected chi connectivity index (χ4v) is 2.32. The molecule has 0 saturated carbocycles. The van der Waals surface area contributed by atoms with Crippen molar-refractivity contribution in [2.24, 2.45) is 0 Å². The van der Waals surface area contributed by atoms with Crippen LogP contribution in [0, 0.1) is 0 Å². The van der Waals surface area contributed by atoms with E-state index < -0.39 is 5.38 Å². The molecule has 2 heteroatoms. The van der Waals surface area contributed by atoms with Crippen LogP contribution in [0.25, 0.3) is 10.8 Å². The number of carbonyl (C=O) groups is 1. The summed E-state index contributed by atoms with van der Waals surface area (Å²) in [5, 5.41) is 1.84. The molecule has 0 saturated heterocycles. The zero-order chi connectivity index (χ0) is 13.0. The van der Waals surface area contributed by atoms with Crippen LogP contribution < -0.4 is 0 Å². The minimum Gasteiger partial charge on any atom is -0.293 e. The number of hydrogen-bond acceptors (Lipinski definition) is 1. The SMILES string of the molecule is CCCCC(Cl)C(=O)c1ccc2ccccc2c1. The van der Waals surface area contributed by atoms with E-state index in [9.17, 15) is 4.79 Å². The normalized spacial score (nSPS) is 12.6. The van der Waals surface area contributed by atoms with Gasteiger partial charge < -0.3 is 0 Å². The Morgan fingerprint density at radius 2 is 1.89 bits per heavy atom. The molecular weight excluding hydrogens is 244 g/mol. The van der Waals surface area contributed by atoms with Crippen molar-refractivity contribution in [2.45, 2.75) is 31.6 Å². The lowest BCUT2D eigenvalue weighted by molar-refractivity contribution is 0.0983. The molecule has 0 radical (unpaired) electrons. The van der Waals surface area contributed by atoms with Gasteiger partial charge >= 0.3 is 0 Å². The summed E-state index contributed by atoms with van der Waals surface area (Å²) >= 11 is 6.15. The summed E-state index contributed by atoms with van der Waals surface area (Å²) in [6, 6.07) is 13.8. The summed E-state index contributed by atoms with van der Waals surface area (Å²) < 4.78 is 0. The monoisotopic (exact) mass is 260 g/mol. The van der Waals surface area contributed by atoms with Gasteiger partial charge in [0, 0.05) is 5.56 Å². The molecule has 94 valence electrons. The molecule has 0 heterocycles. The Morgan fingerprint density at radius 3 is 2.61 bits per heavy atom. The summed E-state index contributed by atoms with van der Waals surface area (Å²) in [7, 11) is 0. The summed E-state index contributed by atoms with van der Waals surface area (Å²) in [5.74, 6) is 0.0378. The third-order valence-corrected chi connectivity index (χ3v) is 3.55. The number of alkyl halides is 1. The molecule has 0 amide bonds. The van der Waals surface area contributed by atoms with Crippen LogP contribution in [0.4, 0.5) is 0 Å². The summed E-state index contributed by atoms with van der Waals surface area (Å²) in [6.45, 7) is 2.10. The van der Waals surface area contributed by atoms with Crippen molar-refractivity contribution < 1.29 is 4.79 Å². The van der Waals surface area contributed by atoms with Crippen molar-refractivity contribution in [2.75, 3.05) is 0 Å². The van der Waals surface area contributed by atoms with Gasteiger partial charge in [-0.1, -0.05) is 56.2 Å². The van der Waals surface area contributed by atoms with Crippen LogP contribution in [0.15, 0.2) is 42.5 Å². The quantitative estimate of drug-likeness (QED) is 0.556. The summed E-state index contributed by atoms with van der Waals surface area (Å²) in [4.78, 5) is 12.2. The Morgan fingerprint density at radius 1 is 1.17 bits per heavy atom. The minimum atomic E-state index is -0.397. The van der Waals surface area contributed by atoms with Gasteiger partial charge in [0.25, 0.3) is 0 Å². The van der Waals surface area contributed by atoms with Crippen molar-refractivity contribution >= 4 is 28.2 Å². The lowest BCUT2D eigenvalue weighted by atomic mass is 10.0. The van der Waals surface area contributed by atoms with E-state index in [1.807, 2.05) is 42.5 Å². The Hall–Kier alpha value is -1.34. The van der Waals surface area contributed by atoms with Crippen molar-refractivity contribution in [1.29, 1.82) is 0 Å². The van der Waals surface area contributed by atoms with E-state index in [-0.39, 0.29) is 5.78 Å². The zero-order valence-corrected chi connectivity index (χ0v) is 11.3. The van der Waals surface area contributed by atoms with Gasteiger partial charge in [0.05, 0.1) is 5.38 Å². The van der Waals surface area contributed by atoms with Gasteiger partial charge in [-0.15, -0.1) is 11.6 Å². The molecule has 0 bridgehead atoms. The van der Waals surface area contributed by atoms with E-state index in [0.29, 0.717) is 5.56 Å². The number of halogens is 1. The number of benzene rings is 2. The maximum atomic E-state index is 12.2. The average Bonchev–Trinajstić information content (AvgIpc) is 2.43. The lowest BCUT2D eigenvalue weighted by Gasteiger charge is -2.08. The molecule has 0 N–H and O–H groups in total. The molecule has 18 heavy (non-hydrogen) atoms. The first kappa shape index (κ1) is 13.1. The average molecular weight is 261 g/mol. The van der Waals surface area contributed by atoms with E-state index >= 15 is 0 Å². The molecule has 0 aromatic heterocycles. The second-order valence-corrected chi connectivity index (χ2v) is 5.06. The maximum absolute atomic E-state index is 12.2. The fourth-order valence-electron chi connectivity index (χ4n) is 2.04. The Labute approximate surface area is 113 Å². The molecule has 2 rings (SSSR count). The summed E-state index contributed by atoms with van der Waals surface area (Å²) in [5.41, 5.74) is 0.713. The smallest absolute Gasteiger partial charge is 0.180 e. The number of rotatable bonds is 5. The number of ketones is 1. The Bertz CT molecular complexity index is 548. The molecule has 1 atom stereocenters. The first-order valence-corrected chi connectivity index (χ1v) is 6.83. The van der Waals surface area contributed by atoms with Crippen LogP contribution in [0.2, 0.25) is 0 Å². The predicted molar refractivity (Wildman–Crippen MR) is 77.4 cm³/mol. The van der Waals surface area contributed by atoms with Crippen molar-refractivity contribution in [3.05, 3.63) is 48.0 Å². The van der Waals surface area contributed by atoms with Gasteiger partial charge in [-0.25, -0.2) is 0 Å². The van der Waals surface area contributed by atoms with Crippen molar-refractivity contribution in [3.63, 3.8) is 0 Å². The first-order valence-electron chi connectivity index (χ1n) is 6.39. The predicted octanol–water partition coefficient (Wildman–Crippen LogP) is 4.82. The van der Waals surface area contributed by atoms with Crippen LogP contribution in [0.5, 0.6) is 0 Å². The molecule has 1 unspecified atom stereocenters. The molecule has 0 aliphatic carbocycles. The van der Waals surface area contributed by atoms with Gasteiger partial charge in [-0.05, 0) is 23.3 Å². The molecule has 1 nitrogen and oxygen atoms in total. The van der Waals surface area contributed by atoms with Gasteiger partial charge in [-0.3, -0.25) is 4.79 Å². The van der Waals surface area contributed by atoms with Gasteiger partial charge in [0.1, 0.15) is 0 Å². The van der Waals surface area contributed by atoms with Crippen LogP contribution in [0.3, 0.4) is 0 Å². The maximum Gasteiger partial charge on any atom is 0.180 e. The van der Waals surface area contributed by atoms with Crippen LogP contribution in [-0.2, 0) is 0 Å². The molecule has 2 aromatic carbocycles. The van der Waals surface area contributed by atoms with Gasteiger partial charge in [-0.2, -0.15) is 0 Å². The Balaban J connectivity index is 2.22. The van der Waals surface area contributed by atoms with Crippen molar-refractivity contribution in [3.8, 4) is 0 Å². The zero-order valence-electron chi connectivity index (χ0n) is 10.5. The number of carbonyl (C=O) groups excluding carboxylic acids is 1. The standard InChI is InChI=1S/C16H17ClO/c1-2-3-8-15(17)16(18)14-10-9-12-6-4-5-7-13(12)11-14/h4-7,9-11,15H,2-3,8H2,1H3. The lowest BCUT2D eigenvalue weighted by Crippen LogP contribution is -2.14. The fraction of sp³-hybridized carbons (Fsp3) is 0.312. The largest absolute Gasteiger partial charge is 0.293 e. The number of hydrogen-bond donors (Lipinski definition) is 0. The highest BCUT2D eigenvalue weighted by molar-refractivity contribution is 6.34. The molecule has 0 fully saturated rings. The highest BCUT2D eigenvalue weighted by Gasteiger charge is 2.16. The van der Waals surface area contributed by atoms with Gasteiger partial charge in [0.15, 0.2) is 5.78 Å². The second-order valence-electron chi connectivity index (χ2n) is 4.54. The minimum absolute atomic E-state index is 0.0378.